The molecule has 1 aromatic carbocycles. The molecule has 0 unspecified atom stereocenters. The van der Waals surface area contributed by atoms with Crippen LogP contribution < -0.4 is 4.74 Å². The zero-order chi connectivity index (χ0) is 10.2. The number of ether oxygens (including phenoxy) is 1. The van der Waals surface area contributed by atoms with Crippen molar-refractivity contribution in [2.75, 3.05) is 7.11 Å². The summed E-state index contributed by atoms with van der Waals surface area (Å²) in [6, 6.07) is 6.30. The van der Waals surface area contributed by atoms with E-state index in [0.29, 0.717) is 0 Å². The van der Waals surface area contributed by atoms with Gasteiger partial charge in [0.25, 0.3) is 0 Å². The molecule has 14 heavy (non-hydrogen) atoms. The van der Waals surface area contributed by atoms with E-state index in [-0.39, 0.29) is 5.41 Å². The molecule has 0 N–H and O–H groups in total. The second kappa shape index (κ2) is 3.16. The van der Waals surface area contributed by atoms with Crippen LogP contribution in [0.15, 0.2) is 24.3 Å². The summed E-state index contributed by atoms with van der Waals surface area (Å²) in [6.07, 6.45) is 5.54. The Balaban J connectivity index is 2.55. The van der Waals surface area contributed by atoms with Gasteiger partial charge in [-0.1, -0.05) is 32.1 Å². The molecule has 1 heteroatoms. The second-order valence-corrected chi connectivity index (χ2v) is 4.44. The topological polar surface area (TPSA) is 9.23 Å². The molecule has 1 aliphatic carbocycles. The lowest BCUT2D eigenvalue weighted by Gasteiger charge is -2.29. The van der Waals surface area contributed by atoms with Crippen molar-refractivity contribution in [2.45, 2.75) is 25.7 Å². The Hall–Kier alpha value is -1.24. The van der Waals surface area contributed by atoms with Crippen LogP contribution in [0.5, 0.6) is 5.75 Å². The van der Waals surface area contributed by atoms with Gasteiger partial charge in [0.05, 0.1) is 7.11 Å². The Labute approximate surface area is 85.4 Å². The number of benzene rings is 1. The van der Waals surface area contributed by atoms with Gasteiger partial charge in [-0.3, -0.25) is 0 Å². The van der Waals surface area contributed by atoms with Crippen molar-refractivity contribution in [1.29, 1.82) is 0 Å². The summed E-state index contributed by atoms with van der Waals surface area (Å²) in [5.74, 6) is 0.951. The van der Waals surface area contributed by atoms with Gasteiger partial charge >= 0.3 is 0 Å². The summed E-state index contributed by atoms with van der Waals surface area (Å²) in [6.45, 7) is 4.55. The smallest absolute Gasteiger partial charge is 0.119 e. The first kappa shape index (κ1) is 9.32. The van der Waals surface area contributed by atoms with Crippen molar-refractivity contribution in [3.05, 3.63) is 35.4 Å². The lowest BCUT2D eigenvalue weighted by Crippen LogP contribution is -2.19. The number of methoxy groups -OCH3 is 1. The van der Waals surface area contributed by atoms with Crippen LogP contribution in [-0.2, 0) is 5.41 Å². The first-order valence-corrected chi connectivity index (χ1v) is 4.98. The molecule has 1 aliphatic rings. The fourth-order valence-corrected chi connectivity index (χ4v) is 1.98. The van der Waals surface area contributed by atoms with Crippen LogP contribution in [0.25, 0.3) is 6.08 Å². The SMILES string of the molecule is COc1ccc2c(c1)C(C)(C)CC=C2. The van der Waals surface area contributed by atoms with Crippen LogP contribution in [0, 0.1) is 0 Å². The fraction of sp³-hybridized carbons (Fsp3) is 0.385. The van der Waals surface area contributed by atoms with Gasteiger partial charge in [-0.05, 0) is 35.1 Å². The minimum atomic E-state index is 0.235. The van der Waals surface area contributed by atoms with Crippen LogP contribution in [0.1, 0.15) is 31.4 Å². The lowest BCUT2D eigenvalue weighted by atomic mass is 9.76. The molecule has 0 heterocycles. The van der Waals surface area contributed by atoms with E-state index in [2.05, 4.69) is 38.1 Å². The van der Waals surface area contributed by atoms with Crippen molar-refractivity contribution >= 4 is 6.08 Å². The van der Waals surface area contributed by atoms with Gasteiger partial charge in [-0.25, -0.2) is 0 Å². The minimum absolute atomic E-state index is 0.235. The van der Waals surface area contributed by atoms with Gasteiger partial charge in [0.1, 0.15) is 5.75 Å². The number of rotatable bonds is 1. The molecule has 0 amide bonds. The maximum Gasteiger partial charge on any atom is 0.119 e. The molecular weight excluding hydrogens is 172 g/mol. The van der Waals surface area contributed by atoms with E-state index in [0.717, 1.165) is 12.2 Å². The van der Waals surface area contributed by atoms with Crippen molar-refractivity contribution in [3.63, 3.8) is 0 Å². The van der Waals surface area contributed by atoms with Crippen LogP contribution in [0.4, 0.5) is 0 Å². The Bertz CT molecular complexity index is 375. The van der Waals surface area contributed by atoms with Crippen LogP contribution in [-0.4, -0.2) is 7.11 Å². The normalized spacial score (nSPS) is 17.6. The highest BCUT2D eigenvalue weighted by Crippen LogP contribution is 2.36. The molecule has 0 saturated heterocycles. The molecule has 0 fully saturated rings. The summed E-state index contributed by atoms with van der Waals surface area (Å²) in [5, 5.41) is 0. The fourth-order valence-electron chi connectivity index (χ4n) is 1.98. The minimum Gasteiger partial charge on any atom is -0.497 e. The third-order valence-electron chi connectivity index (χ3n) is 2.92. The first-order valence-electron chi connectivity index (χ1n) is 4.98. The molecule has 0 bridgehead atoms. The highest BCUT2D eigenvalue weighted by Gasteiger charge is 2.24. The second-order valence-electron chi connectivity index (χ2n) is 4.44. The molecule has 1 aromatic rings. The molecule has 1 nitrogen and oxygen atoms in total. The van der Waals surface area contributed by atoms with Gasteiger partial charge in [-0.15, -0.1) is 0 Å². The Kier molecular flexibility index (Phi) is 2.10. The predicted octanol–water partition coefficient (Wildman–Crippen LogP) is 3.39. The summed E-state index contributed by atoms with van der Waals surface area (Å²) in [5.41, 5.74) is 2.94. The first-order chi connectivity index (χ1) is 6.63. The quantitative estimate of drug-likeness (QED) is 0.656. The highest BCUT2D eigenvalue weighted by molar-refractivity contribution is 5.60. The molecule has 0 saturated carbocycles. The largest absolute Gasteiger partial charge is 0.497 e. The predicted molar refractivity (Wildman–Crippen MR) is 59.7 cm³/mol. The van der Waals surface area contributed by atoms with Gasteiger partial charge in [0, 0.05) is 0 Å². The number of hydrogen-bond donors (Lipinski definition) is 0. The third kappa shape index (κ3) is 1.43. The Morgan fingerprint density at radius 1 is 1.29 bits per heavy atom. The van der Waals surface area contributed by atoms with Crippen molar-refractivity contribution in [2.24, 2.45) is 0 Å². The van der Waals surface area contributed by atoms with E-state index in [1.807, 2.05) is 6.07 Å². The average Bonchev–Trinajstić information content (AvgIpc) is 2.17. The monoisotopic (exact) mass is 188 g/mol. The molecule has 0 atom stereocenters. The standard InChI is InChI=1S/C13H16O/c1-13(2)8-4-5-10-6-7-11(14-3)9-12(10)13/h4-7,9H,8H2,1-3H3. The molecule has 0 aliphatic heterocycles. The number of fused-ring (bicyclic) bond motifs is 1. The van der Waals surface area contributed by atoms with Crippen LogP contribution in [0.2, 0.25) is 0 Å². The van der Waals surface area contributed by atoms with Gasteiger partial charge in [0.15, 0.2) is 0 Å². The van der Waals surface area contributed by atoms with Crippen LogP contribution >= 0.6 is 0 Å². The number of hydrogen-bond acceptors (Lipinski definition) is 1. The molecule has 0 radical (unpaired) electrons. The summed E-state index contributed by atoms with van der Waals surface area (Å²) >= 11 is 0. The molecule has 74 valence electrons. The zero-order valence-corrected chi connectivity index (χ0v) is 9.00. The van der Waals surface area contributed by atoms with Gasteiger partial charge in [-0.2, -0.15) is 0 Å². The van der Waals surface area contributed by atoms with Gasteiger partial charge < -0.3 is 4.74 Å². The van der Waals surface area contributed by atoms with E-state index < -0.39 is 0 Å². The van der Waals surface area contributed by atoms with Crippen molar-refractivity contribution in [1.82, 2.24) is 0 Å². The Morgan fingerprint density at radius 2 is 2.07 bits per heavy atom. The maximum absolute atomic E-state index is 5.25. The van der Waals surface area contributed by atoms with E-state index in [4.69, 9.17) is 4.74 Å². The third-order valence-corrected chi connectivity index (χ3v) is 2.92. The number of allylic oxidation sites excluding steroid dienone is 1. The Morgan fingerprint density at radius 3 is 2.79 bits per heavy atom. The highest BCUT2D eigenvalue weighted by atomic mass is 16.5. The van der Waals surface area contributed by atoms with Crippen LogP contribution in [0.3, 0.4) is 0 Å². The van der Waals surface area contributed by atoms with Crippen molar-refractivity contribution < 1.29 is 4.74 Å². The zero-order valence-electron chi connectivity index (χ0n) is 9.00. The van der Waals surface area contributed by atoms with Gasteiger partial charge in [0.2, 0.25) is 0 Å². The molecule has 2 rings (SSSR count). The molecule has 0 aromatic heterocycles. The average molecular weight is 188 g/mol. The summed E-state index contributed by atoms with van der Waals surface area (Å²) < 4.78 is 5.25. The van der Waals surface area contributed by atoms with E-state index in [1.54, 1.807) is 7.11 Å². The maximum atomic E-state index is 5.25. The summed E-state index contributed by atoms with van der Waals surface area (Å²) in [4.78, 5) is 0. The van der Waals surface area contributed by atoms with E-state index in [9.17, 15) is 0 Å². The van der Waals surface area contributed by atoms with E-state index >= 15 is 0 Å². The lowest BCUT2D eigenvalue weighted by molar-refractivity contribution is 0.411. The molecule has 0 spiro atoms. The van der Waals surface area contributed by atoms with Crippen molar-refractivity contribution in [3.8, 4) is 5.75 Å². The van der Waals surface area contributed by atoms with E-state index in [1.165, 1.54) is 11.1 Å². The molecular formula is C13H16O. The summed E-state index contributed by atoms with van der Waals surface area (Å²) in [7, 11) is 1.72.